The highest BCUT2D eigenvalue weighted by molar-refractivity contribution is 7.88. The summed E-state index contributed by atoms with van der Waals surface area (Å²) in [6.07, 6.45) is 9.29. The van der Waals surface area contributed by atoms with Gasteiger partial charge in [0.15, 0.2) is 0 Å². The molecule has 2 aromatic rings. The van der Waals surface area contributed by atoms with Gasteiger partial charge in [-0.25, -0.2) is 17.7 Å². The van der Waals surface area contributed by atoms with Gasteiger partial charge in [0.25, 0.3) is 0 Å². The zero-order chi connectivity index (χ0) is 17.2. The fourth-order valence-electron chi connectivity index (χ4n) is 3.13. The fourth-order valence-corrected chi connectivity index (χ4v) is 4.04. The lowest BCUT2D eigenvalue weighted by molar-refractivity contribution is 0.314. The maximum atomic E-state index is 11.8. The number of hydrogen-bond acceptors (Lipinski definition) is 5. The van der Waals surface area contributed by atoms with Crippen LogP contribution in [0.1, 0.15) is 37.8 Å². The van der Waals surface area contributed by atoms with Gasteiger partial charge < -0.3 is 0 Å². The lowest BCUT2D eigenvalue weighted by atomic mass is 9.96. The van der Waals surface area contributed by atoms with Gasteiger partial charge in [0, 0.05) is 37.9 Å². The molecule has 24 heavy (non-hydrogen) atoms. The molecule has 0 aliphatic carbocycles. The zero-order valence-corrected chi connectivity index (χ0v) is 14.9. The molecule has 0 N–H and O–H groups in total. The normalized spacial score (nSPS) is 19.5. The van der Waals surface area contributed by atoms with E-state index in [4.69, 9.17) is 4.98 Å². The van der Waals surface area contributed by atoms with Gasteiger partial charge >= 0.3 is 0 Å². The number of nitrogens with zero attached hydrogens (tertiary/aromatic N) is 5. The Morgan fingerprint density at radius 2 is 2.17 bits per heavy atom. The Hall–Kier alpha value is -1.80. The number of aryl methyl sites for hydroxylation is 1. The van der Waals surface area contributed by atoms with Gasteiger partial charge in [0.05, 0.1) is 23.8 Å². The van der Waals surface area contributed by atoms with Crippen molar-refractivity contribution < 1.29 is 8.42 Å². The summed E-state index contributed by atoms with van der Waals surface area (Å²) < 4.78 is 27.1. The van der Waals surface area contributed by atoms with E-state index in [1.54, 1.807) is 18.6 Å². The molecule has 1 saturated heterocycles. The third-order valence-corrected chi connectivity index (χ3v) is 5.61. The predicted octanol–water partition coefficient (Wildman–Crippen LogP) is 1.89. The highest BCUT2D eigenvalue weighted by Gasteiger charge is 2.28. The van der Waals surface area contributed by atoms with Crippen molar-refractivity contribution in [3.8, 4) is 11.4 Å². The van der Waals surface area contributed by atoms with Crippen LogP contribution >= 0.6 is 0 Å². The second-order valence-corrected chi connectivity index (χ2v) is 8.21. The van der Waals surface area contributed by atoms with E-state index in [9.17, 15) is 8.42 Å². The van der Waals surface area contributed by atoms with Crippen LogP contribution in [0, 0.1) is 0 Å². The first kappa shape index (κ1) is 17.0. The minimum atomic E-state index is -3.16. The van der Waals surface area contributed by atoms with Gasteiger partial charge in [-0.2, -0.15) is 5.10 Å². The van der Waals surface area contributed by atoms with Gasteiger partial charge in [-0.15, -0.1) is 0 Å². The molecule has 0 radical (unpaired) electrons. The predicted molar refractivity (Wildman–Crippen MR) is 91.9 cm³/mol. The highest BCUT2D eigenvalue weighted by atomic mass is 32.2. The molecular formula is C16H23N5O2S. The van der Waals surface area contributed by atoms with E-state index in [2.05, 4.69) is 17.0 Å². The number of sulfonamides is 1. The first-order valence-corrected chi connectivity index (χ1v) is 10.1. The molecule has 3 heterocycles. The Balaban J connectivity index is 1.86. The van der Waals surface area contributed by atoms with E-state index >= 15 is 0 Å². The molecule has 3 rings (SSSR count). The van der Waals surface area contributed by atoms with Gasteiger partial charge in [0.2, 0.25) is 10.0 Å². The average Bonchev–Trinajstić information content (AvgIpc) is 3.03. The first-order chi connectivity index (χ1) is 11.5. The van der Waals surface area contributed by atoms with Crippen molar-refractivity contribution >= 4 is 10.0 Å². The number of piperidine rings is 1. The van der Waals surface area contributed by atoms with Crippen LogP contribution < -0.4 is 0 Å². The minimum Gasteiger partial charge on any atom is -0.263 e. The second kappa shape index (κ2) is 6.98. The molecule has 1 atom stereocenters. The lowest BCUT2D eigenvalue weighted by Gasteiger charge is -2.30. The fraction of sp³-hybridized carbons (Fsp3) is 0.562. The van der Waals surface area contributed by atoms with E-state index in [0.29, 0.717) is 13.1 Å². The molecule has 0 spiro atoms. The van der Waals surface area contributed by atoms with Crippen LogP contribution in [-0.2, 0) is 16.6 Å². The highest BCUT2D eigenvalue weighted by Crippen LogP contribution is 2.28. The molecule has 0 aromatic carbocycles. The summed E-state index contributed by atoms with van der Waals surface area (Å²) in [5.74, 6) is 0.0865. The van der Waals surface area contributed by atoms with Gasteiger partial charge in [0.1, 0.15) is 5.69 Å². The quantitative estimate of drug-likeness (QED) is 0.823. The molecule has 7 nitrogen and oxygen atoms in total. The summed E-state index contributed by atoms with van der Waals surface area (Å²) >= 11 is 0. The van der Waals surface area contributed by atoms with Crippen LogP contribution in [0.25, 0.3) is 11.4 Å². The van der Waals surface area contributed by atoms with Crippen molar-refractivity contribution in [1.29, 1.82) is 0 Å². The summed E-state index contributed by atoms with van der Waals surface area (Å²) in [5, 5.41) is 4.33. The van der Waals surface area contributed by atoms with Gasteiger partial charge in [-0.1, -0.05) is 6.92 Å². The maximum Gasteiger partial charge on any atom is 0.211 e. The molecule has 8 heteroatoms. The number of aromatic nitrogens is 4. The minimum absolute atomic E-state index is 0.0865. The van der Waals surface area contributed by atoms with Crippen molar-refractivity contribution in [3.63, 3.8) is 0 Å². The Kier molecular flexibility index (Phi) is 4.96. The van der Waals surface area contributed by atoms with E-state index in [0.717, 1.165) is 42.9 Å². The van der Waals surface area contributed by atoms with Crippen LogP contribution in [0.3, 0.4) is 0 Å². The molecule has 0 unspecified atom stereocenters. The Morgan fingerprint density at radius 1 is 1.33 bits per heavy atom. The summed E-state index contributed by atoms with van der Waals surface area (Å²) in [7, 11) is -3.16. The van der Waals surface area contributed by atoms with Crippen molar-refractivity contribution in [2.75, 3.05) is 19.3 Å². The van der Waals surface area contributed by atoms with Gasteiger partial charge in [-0.3, -0.25) is 9.67 Å². The summed E-state index contributed by atoms with van der Waals surface area (Å²) in [5.41, 5.74) is 2.59. The van der Waals surface area contributed by atoms with Crippen molar-refractivity contribution in [2.24, 2.45) is 0 Å². The van der Waals surface area contributed by atoms with Crippen LogP contribution in [0.15, 0.2) is 24.7 Å². The van der Waals surface area contributed by atoms with Crippen molar-refractivity contribution in [2.45, 2.75) is 38.6 Å². The molecule has 0 saturated carbocycles. The third kappa shape index (κ3) is 3.64. The Morgan fingerprint density at radius 3 is 2.92 bits per heavy atom. The van der Waals surface area contributed by atoms with Crippen LogP contribution in [-0.4, -0.2) is 51.8 Å². The van der Waals surface area contributed by atoms with E-state index in [-0.39, 0.29) is 5.92 Å². The van der Waals surface area contributed by atoms with Crippen molar-refractivity contribution in [1.82, 2.24) is 24.1 Å². The Labute approximate surface area is 142 Å². The monoisotopic (exact) mass is 349 g/mol. The first-order valence-electron chi connectivity index (χ1n) is 8.28. The lowest BCUT2D eigenvalue weighted by Crippen LogP contribution is -2.38. The zero-order valence-electron chi connectivity index (χ0n) is 14.1. The van der Waals surface area contributed by atoms with E-state index in [1.165, 1.54) is 10.6 Å². The topological polar surface area (TPSA) is 81.0 Å². The summed E-state index contributed by atoms with van der Waals surface area (Å²) in [6.45, 7) is 4.01. The molecule has 1 aliphatic heterocycles. The largest absolute Gasteiger partial charge is 0.263 e. The standard InChI is InChI=1S/C16H23N5O2S/c1-3-8-21-16(6-7-18-21)15-11-17-10-14(19-15)13-5-4-9-20(12-13)24(2,22)23/h6-7,10-11,13H,3-5,8-9,12H2,1-2H3/t13-/m1/s1. The van der Waals surface area contributed by atoms with Crippen LogP contribution in [0.2, 0.25) is 0 Å². The smallest absolute Gasteiger partial charge is 0.211 e. The Bertz CT molecular complexity index is 802. The van der Waals surface area contributed by atoms with Crippen LogP contribution in [0.4, 0.5) is 0 Å². The molecule has 1 fully saturated rings. The van der Waals surface area contributed by atoms with Crippen molar-refractivity contribution in [3.05, 3.63) is 30.4 Å². The molecule has 130 valence electrons. The SMILES string of the molecule is CCCn1nccc1-c1cncc([C@@H]2CCCN(S(C)(=O)=O)C2)n1. The molecule has 2 aromatic heterocycles. The number of hydrogen-bond donors (Lipinski definition) is 0. The summed E-state index contributed by atoms with van der Waals surface area (Å²) in [4.78, 5) is 9.09. The molecule has 0 bridgehead atoms. The molecule has 0 amide bonds. The van der Waals surface area contributed by atoms with E-state index < -0.39 is 10.0 Å². The maximum absolute atomic E-state index is 11.8. The molecule has 1 aliphatic rings. The molecular weight excluding hydrogens is 326 g/mol. The van der Waals surface area contributed by atoms with E-state index in [1.807, 2.05) is 10.7 Å². The van der Waals surface area contributed by atoms with Gasteiger partial charge in [-0.05, 0) is 25.3 Å². The third-order valence-electron chi connectivity index (χ3n) is 4.34. The van der Waals surface area contributed by atoms with Crippen LogP contribution in [0.5, 0.6) is 0 Å². The average molecular weight is 349 g/mol. The number of rotatable bonds is 5. The second-order valence-electron chi connectivity index (χ2n) is 6.23. The summed E-state index contributed by atoms with van der Waals surface area (Å²) in [6, 6.07) is 1.94.